The van der Waals surface area contributed by atoms with Crippen LogP contribution in [0.1, 0.15) is 33.1 Å². The van der Waals surface area contributed by atoms with Gasteiger partial charge in [-0.3, -0.25) is 0 Å². The smallest absolute Gasteiger partial charge is 0.110 e. The highest BCUT2D eigenvalue weighted by Crippen LogP contribution is 2.09. The molecule has 2 atom stereocenters. The van der Waals surface area contributed by atoms with Crippen molar-refractivity contribution in [2.45, 2.75) is 45.3 Å². The summed E-state index contributed by atoms with van der Waals surface area (Å²) in [6, 6.07) is 0. The van der Waals surface area contributed by atoms with Crippen LogP contribution in [0.5, 0.6) is 0 Å². The van der Waals surface area contributed by atoms with Crippen molar-refractivity contribution in [3.8, 4) is 0 Å². The Hall–Kier alpha value is 0.650. The third-order valence-corrected chi connectivity index (χ3v) is 2.34. The molecule has 0 aliphatic carbocycles. The predicted octanol–water partition coefficient (Wildman–Crippen LogP) is 2.29. The Bertz CT molecular complexity index is 78.0. The lowest BCUT2D eigenvalue weighted by Crippen LogP contribution is -2.22. The average molecular weight is 258 g/mol. The van der Waals surface area contributed by atoms with Crippen molar-refractivity contribution >= 4 is 23.0 Å². The van der Waals surface area contributed by atoms with Crippen molar-refractivity contribution in [2.75, 3.05) is 0 Å². The number of unbranched alkanes of at least 4 members (excludes halogenated alkanes) is 1. The molecule has 0 aromatic heterocycles. The van der Waals surface area contributed by atoms with E-state index in [0.717, 1.165) is 19.3 Å². The molecule has 0 aliphatic heterocycles. The second-order valence-electron chi connectivity index (χ2n) is 2.50. The third kappa shape index (κ3) is 4.46. The summed E-state index contributed by atoms with van der Waals surface area (Å²) in [6.45, 7) is 4.00. The summed E-state index contributed by atoms with van der Waals surface area (Å²) in [7, 11) is 0. The zero-order valence-corrected chi connectivity index (χ0v) is 8.67. The molecule has 2 nitrogen and oxygen atoms in total. The van der Waals surface area contributed by atoms with Crippen LogP contribution < -0.4 is 0 Å². The highest BCUT2D eigenvalue weighted by Gasteiger charge is 2.12. The van der Waals surface area contributed by atoms with Crippen LogP contribution in [-0.2, 0) is 3.07 Å². The Balaban J connectivity index is 3.31. The highest BCUT2D eigenvalue weighted by molar-refractivity contribution is 14.1. The molecule has 62 valence electrons. The van der Waals surface area contributed by atoms with Crippen LogP contribution in [-0.4, -0.2) is 17.3 Å². The third-order valence-electron chi connectivity index (χ3n) is 1.54. The van der Waals surface area contributed by atoms with Crippen LogP contribution in [0.4, 0.5) is 0 Å². The van der Waals surface area contributed by atoms with Gasteiger partial charge in [-0.05, 0) is 13.3 Å². The lowest BCUT2D eigenvalue weighted by atomic mass is 10.1. The molecular weight excluding hydrogens is 243 g/mol. The molecule has 0 amide bonds. The molecule has 0 aromatic carbocycles. The van der Waals surface area contributed by atoms with Gasteiger partial charge < -0.3 is 8.17 Å². The monoisotopic (exact) mass is 258 g/mol. The maximum Gasteiger partial charge on any atom is 0.110 e. The minimum atomic E-state index is -0.295. The van der Waals surface area contributed by atoms with E-state index < -0.39 is 0 Å². The van der Waals surface area contributed by atoms with E-state index in [9.17, 15) is 5.11 Å². The van der Waals surface area contributed by atoms with Gasteiger partial charge in [0.05, 0.1) is 12.2 Å². The van der Waals surface area contributed by atoms with Gasteiger partial charge in [0.15, 0.2) is 0 Å². The highest BCUT2D eigenvalue weighted by atomic mass is 127. The minimum Gasteiger partial charge on any atom is -0.390 e. The first kappa shape index (κ1) is 10.7. The lowest BCUT2D eigenvalue weighted by molar-refractivity contribution is 0.0648. The molecule has 0 spiro atoms. The summed E-state index contributed by atoms with van der Waals surface area (Å²) < 4.78 is 4.93. The molecule has 0 bridgehead atoms. The normalized spacial score (nSPS) is 16.8. The molecule has 0 saturated carbocycles. The molecule has 0 rings (SSSR count). The fourth-order valence-corrected chi connectivity index (χ4v) is 1.05. The minimum absolute atomic E-state index is 0.0350. The summed E-state index contributed by atoms with van der Waals surface area (Å²) in [5.41, 5.74) is 0. The first-order chi connectivity index (χ1) is 4.72. The second kappa shape index (κ2) is 6.37. The number of halogens is 1. The van der Waals surface area contributed by atoms with Crippen molar-refractivity contribution < 1.29 is 8.17 Å². The maximum atomic E-state index is 9.32. The predicted molar refractivity (Wildman–Crippen MR) is 50.1 cm³/mol. The molecule has 0 aliphatic rings. The van der Waals surface area contributed by atoms with Crippen molar-refractivity contribution in [2.24, 2.45) is 0 Å². The summed E-state index contributed by atoms with van der Waals surface area (Å²) in [6.07, 6.45) is 2.72. The van der Waals surface area contributed by atoms with Crippen LogP contribution in [0.3, 0.4) is 0 Å². The number of aliphatic hydroxyl groups is 1. The molecule has 0 fully saturated rings. The second-order valence-corrected chi connectivity index (χ2v) is 3.01. The quantitative estimate of drug-likeness (QED) is 0.766. The van der Waals surface area contributed by atoms with Crippen LogP contribution >= 0.6 is 23.0 Å². The molecule has 0 heterocycles. The summed E-state index contributed by atoms with van der Waals surface area (Å²) in [5.74, 6) is 0. The molecule has 10 heavy (non-hydrogen) atoms. The average Bonchev–Trinajstić information content (AvgIpc) is 1.98. The van der Waals surface area contributed by atoms with Crippen molar-refractivity contribution in [1.29, 1.82) is 0 Å². The number of hydrogen-bond donors (Lipinski definition) is 1. The van der Waals surface area contributed by atoms with Crippen molar-refractivity contribution in [1.82, 2.24) is 0 Å². The van der Waals surface area contributed by atoms with Crippen molar-refractivity contribution in [3.05, 3.63) is 0 Å². The van der Waals surface area contributed by atoms with Gasteiger partial charge in [-0.2, -0.15) is 0 Å². The maximum absolute atomic E-state index is 9.32. The SMILES string of the molecule is CCCCC(O)C(C)OI. The summed E-state index contributed by atoms with van der Waals surface area (Å²) in [5, 5.41) is 9.32. The molecular formula is C7H15IO2. The standard InChI is InChI=1S/C7H15IO2/c1-3-4-5-7(9)6(2)10-8/h6-7,9H,3-5H2,1-2H3. The van der Waals surface area contributed by atoms with Gasteiger partial charge in [0.25, 0.3) is 0 Å². The van der Waals surface area contributed by atoms with E-state index in [2.05, 4.69) is 6.92 Å². The van der Waals surface area contributed by atoms with Gasteiger partial charge in [-0.1, -0.05) is 19.8 Å². The Morgan fingerprint density at radius 2 is 2.20 bits per heavy atom. The molecule has 1 N–H and O–H groups in total. The largest absolute Gasteiger partial charge is 0.390 e. The van der Waals surface area contributed by atoms with E-state index in [-0.39, 0.29) is 12.2 Å². The number of rotatable bonds is 5. The topological polar surface area (TPSA) is 29.5 Å². The van der Waals surface area contributed by atoms with Gasteiger partial charge in [0.1, 0.15) is 23.0 Å². The van der Waals surface area contributed by atoms with Crippen LogP contribution in [0.15, 0.2) is 0 Å². The first-order valence-electron chi connectivity index (χ1n) is 3.67. The van der Waals surface area contributed by atoms with Gasteiger partial charge in [-0.25, -0.2) is 0 Å². The first-order valence-corrected chi connectivity index (χ1v) is 4.56. The Labute approximate surface area is 76.7 Å². The van der Waals surface area contributed by atoms with Crippen molar-refractivity contribution in [3.63, 3.8) is 0 Å². The fraction of sp³-hybridized carbons (Fsp3) is 1.00. The molecule has 3 heteroatoms. The van der Waals surface area contributed by atoms with E-state index in [1.807, 2.05) is 29.9 Å². The van der Waals surface area contributed by atoms with Crippen LogP contribution in [0.25, 0.3) is 0 Å². The van der Waals surface area contributed by atoms with E-state index in [0.29, 0.717) is 0 Å². The van der Waals surface area contributed by atoms with Gasteiger partial charge in [0, 0.05) is 0 Å². The number of aliphatic hydroxyl groups excluding tert-OH is 1. The van der Waals surface area contributed by atoms with Gasteiger partial charge in [0.2, 0.25) is 0 Å². The molecule has 0 aromatic rings. The Morgan fingerprint density at radius 1 is 1.60 bits per heavy atom. The van der Waals surface area contributed by atoms with Crippen LogP contribution in [0.2, 0.25) is 0 Å². The summed E-state index contributed by atoms with van der Waals surface area (Å²) in [4.78, 5) is 0. The Kier molecular flexibility index (Phi) is 6.78. The van der Waals surface area contributed by atoms with Gasteiger partial charge in [-0.15, -0.1) is 0 Å². The van der Waals surface area contributed by atoms with E-state index in [1.165, 1.54) is 0 Å². The van der Waals surface area contributed by atoms with E-state index in [1.54, 1.807) is 0 Å². The fourth-order valence-electron chi connectivity index (χ4n) is 0.707. The molecule has 0 saturated heterocycles. The zero-order valence-electron chi connectivity index (χ0n) is 6.51. The Morgan fingerprint density at radius 3 is 2.60 bits per heavy atom. The molecule has 0 radical (unpaired) electrons. The van der Waals surface area contributed by atoms with Crippen LogP contribution in [0, 0.1) is 0 Å². The number of hydrogen-bond acceptors (Lipinski definition) is 2. The van der Waals surface area contributed by atoms with Gasteiger partial charge >= 0.3 is 0 Å². The lowest BCUT2D eigenvalue weighted by Gasteiger charge is -2.14. The van der Waals surface area contributed by atoms with E-state index >= 15 is 0 Å². The zero-order chi connectivity index (χ0) is 7.98. The summed E-state index contributed by atoms with van der Waals surface area (Å²) >= 11 is 1.82. The molecule has 2 unspecified atom stereocenters. The van der Waals surface area contributed by atoms with E-state index in [4.69, 9.17) is 3.07 Å².